The Bertz CT molecular complexity index is 3330. The third-order valence-electron chi connectivity index (χ3n) is 13.2. The summed E-state index contributed by atoms with van der Waals surface area (Å²) in [4.78, 5) is -0.884. The minimum atomic E-state index is -6.12. The maximum atomic E-state index is 16.0. The number of alkyl halides is 18. The van der Waals surface area contributed by atoms with Gasteiger partial charge in [-0.2, -0.15) is 79.0 Å². The highest BCUT2D eigenvalue weighted by atomic mass is 19.4. The summed E-state index contributed by atoms with van der Waals surface area (Å²) in [6.45, 7) is 1.33. The average Bonchev–Trinajstić information content (AvgIpc) is 3.31. The number of allylic oxidation sites excluding steroid dienone is 8. The fourth-order valence-corrected chi connectivity index (χ4v) is 9.85. The molecule has 0 saturated heterocycles. The lowest BCUT2D eigenvalue weighted by molar-refractivity contribution is -0.142. The van der Waals surface area contributed by atoms with Gasteiger partial charge >= 0.3 is 37.1 Å². The number of hydrogen-bond acceptors (Lipinski definition) is 1. The van der Waals surface area contributed by atoms with E-state index in [0.717, 1.165) is 30.3 Å². The summed E-state index contributed by atoms with van der Waals surface area (Å²) in [7, 11) is 0. The van der Waals surface area contributed by atoms with Gasteiger partial charge in [-0.3, -0.25) is 0 Å². The number of hydrogen-bond donors (Lipinski definition) is 0. The molecule has 0 aromatic heterocycles. The van der Waals surface area contributed by atoms with Crippen molar-refractivity contribution in [3.8, 4) is 22.3 Å². The van der Waals surface area contributed by atoms with Crippen LogP contribution in [0, 0.1) is 5.41 Å². The van der Waals surface area contributed by atoms with Crippen LogP contribution >= 0.6 is 0 Å². The molecule has 9 rings (SSSR count). The van der Waals surface area contributed by atoms with Gasteiger partial charge in [0.25, 0.3) is 0 Å². The second kappa shape index (κ2) is 17.6. The van der Waals surface area contributed by atoms with Gasteiger partial charge in [0.2, 0.25) is 0 Å². The molecular formula is C55H31F18N. The lowest BCUT2D eigenvalue weighted by Crippen LogP contribution is -2.30. The Morgan fingerprint density at radius 2 is 0.784 bits per heavy atom. The average molecular weight is 1050 g/mol. The van der Waals surface area contributed by atoms with E-state index in [1.165, 1.54) is 104 Å². The fraction of sp³-hybridized carbons (Fsp3) is 0.164. The number of benzene rings is 7. The lowest BCUT2D eigenvalue weighted by atomic mass is 9.64. The molecule has 0 fully saturated rings. The zero-order valence-corrected chi connectivity index (χ0v) is 37.4. The van der Waals surface area contributed by atoms with E-state index >= 15 is 79.0 Å². The highest BCUT2D eigenvalue weighted by Gasteiger charge is 2.50. The molecule has 0 amide bonds. The van der Waals surface area contributed by atoms with Crippen molar-refractivity contribution in [1.82, 2.24) is 0 Å². The van der Waals surface area contributed by atoms with Crippen LogP contribution in [0.25, 0.3) is 43.8 Å². The standard InChI is InChI=1S/C55H31F18N/c1-49-22-7-6-15-31(49)16-10-21-39(49)38-25-45(55(71,72)73)48(28-42(38)52(62,63)64)74(46-26-40(50(56,57)58)36(23-43(46)53(65,66)67)34-19-8-13-29-11-2-4-17-32(29)34)47-27-41(51(59,60)61)37(24-44(47)54(68,69)70)35-20-9-14-30-12-3-5-18-33(30)35/h2-28,39H,1H3. The van der Waals surface area contributed by atoms with Gasteiger partial charge in [-0.15, -0.1) is 0 Å². The molecule has 0 heterocycles. The summed E-state index contributed by atoms with van der Waals surface area (Å²) in [5, 5.41) is 0.0366. The summed E-state index contributed by atoms with van der Waals surface area (Å²) in [5.74, 6) is -1.73. The third-order valence-corrected chi connectivity index (χ3v) is 13.2. The molecule has 2 unspecified atom stereocenters. The van der Waals surface area contributed by atoms with Crippen molar-refractivity contribution >= 4 is 38.6 Å². The van der Waals surface area contributed by atoms with E-state index < -0.39 is 150 Å². The quantitative estimate of drug-likeness (QED) is 0.150. The largest absolute Gasteiger partial charge is 0.418 e. The van der Waals surface area contributed by atoms with Crippen molar-refractivity contribution < 1.29 is 79.0 Å². The molecular weight excluding hydrogens is 1020 g/mol. The smallest absolute Gasteiger partial charge is 0.309 e. The van der Waals surface area contributed by atoms with Crippen molar-refractivity contribution in [3.63, 3.8) is 0 Å². The van der Waals surface area contributed by atoms with Gasteiger partial charge in [-0.25, -0.2) is 0 Å². The first-order chi connectivity index (χ1) is 34.4. The van der Waals surface area contributed by atoms with Crippen LogP contribution in [0.1, 0.15) is 51.8 Å². The van der Waals surface area contributed by atoms with Gasteiger partial charge in [0, 0.05) is 11.3 Å². The highest BCUT2D eigenvalue weighted by molar-refractivity contribution is 6.00. The fourth-order valence-electron chi connectivity index (χ4n) is 9.85. The zero-order valence-electron chi connectivity index (χ0n) is 37.4. The summed E-state index contributed by atoms with van der Waals surface area (Å²) in [6, 6.07) is 15.1. The number of nitrogens with zero attached hydrogens (tertiary/aromatic N) is 1. The van der Waals surface area contributed by atoms with Crippen molar-refractivity contribution in [2.75, 3.05) is 4.90 Å². The van der Waals surface area contributed by atoms with Crippen LogP contribution in [0.5, 0.6) is 0 Å². The first-order valence-corrected chi connectivity index (χ1v) is 21.9. The molecule has 74 heavy (non-hydrogen) atoms. The van der Waals surface area contributed by atoms with Gasteiger partial charge in [0.15, 0.2) is 0 Å². The molecule has 2 aliphatic rings. The summed E-state index contributed by atoms with van der Waals surface area (Å²) in [6.07, 6.45) is -26.7. The Morgan fingerprint density at radius 1 is 0.392 bits per heavy atom. The van der Waals surface area contributed by atoms with Crippen molar-refractivity contribution in [2.45, 2.75) is 49.9 Å². The van der Waals surface area contributed by atoms with E-state index in [1.807, 2.05) is 0 Å². The van der Waals surface area contributed by atoms with Crippen LogP contribution in [0.2, 0.25) is 0 Å². The first-order valence-electron chi connectivity index (χ1n) is 21.9. The van der Waals surface area contributed by atoms with E-state index in [0.29, 0.717) is 0 Å². The zero-order chi connectivity index (χ0) is 53.7. The summed E-state index contributed by atoms with van der Waals surface area (Å²) in [5.41, 5.74) is -27.4. The molecule has 2 atom stereocenters. The van der Waals surface area contributed by atoms with Crippen LogP contribution in [0.15, 0.2) is 169 Å². The molecule has 7 aromatic rings. The van der Waals surface area contributed by atoms with E-state index in [4.69, 9.17) is 0 Å². The monoisotopic (exact) mass is 1050 g/mol. The van der Waals surface area contributed by atoms with Crippen LogP contribution in [-0.4, -0.2) is 0 Å². The predicted molar refractivity (Wildman–Crippen MR) is 243 cm³/mol. The van der Waals surface area contributed by atoms with E-state index in [9.17, 15) is 0 Å². The molecule has 0 radical (unpaired) electrons. The number of anilines is 3. The first kappa shape index (κ1) is 51.5. The van der Waals surface area contributed by atoms with Gasteiger partial charge in [-0.05, 0) is 91.3 Å². The molecule has 0 N–H and O–H groups in total. The summed E-state index contributed by atoms with van der Waals surface area (Å²) < 4.78 is 284. The van der Waals surface area contributed by atoms with E-state index in [-0.39, 0.29) is 45.3 Å². The minimum absolute atomic E-state index is 0.132. The maximum Gasteiger partial charge on any atom is 0.418 e. The molecule has 0 bridgehead atoms. The van der Waals surface area contributed by atoms with E-state index in [1.54, 1.807) is 0 Å². The van der Waals surface area contributed by atoms with Crippen LogP contribution in [-0.2, 0) is 37.1 Å². The molecule has 7 aromatic carbocycles. The molecule has 0 spiro atoms. The molecule has 2 aliphatic carbocycles. The van der Waals surface area contributed by atoms with Gasteiger partial charge in [0.1, 0.15) is 0 Å². The molecule has 1 nitrogen and oxygen atoms in total. The Hall–Kier alpha value is -7.44. The SMILES string of the molecule is CC12C=CC=CC1=CC=CC2c1cc(C(F)(F)F)c(N(c2cc(C(F)(F)F)c(-c3cccc4ccccc34)cc2C(F)(F)F)c2cc(C(F)(F)F)c(-c3cccc4ccccc34)cc2C(F)(F)F)cc1C(F)(F)F. The Kier molecular flexibility index (Phi) is 12.2. The van der Waals surface area contributed by atoms with Crippen molar-refractivity contribution in [3.05, 3.63) is 208 Å². The lowest BCUT2D eigenvalue weighted by Gasteiger charge is -2.40. The topological polar surface area (TPSA) is 3.24 Å². The Balaban J connectivity index is 1.49. The number of rotatable bonds is 6. The normalized spacial score (nSPS) is 17.5. The molecule has 0 saturated carbocycles. The maximum absolute atomic E-state index is 16.0. The summed E-state index contributed by atoms with van der Waals surface area (Å²) >= 11 is 0. The minimum Gasteiger partial charge on any atom is -0.309 e. The Morgan fingerprint density at radius 3 is 1.22 bits per heavy atom. The predicted octanol–water partition coefficient (Wildman–Crippen LogP) is 19.6. The molecule has 19 heteroatoms. The second-order valence-corrected chi connectivity index (χ2v) is 17.6. The van der Waals surface area contributed by atoms with Gasteiger partial charge in [-0.1, -0.05) is 134 Å². The van der Waals surface area contributed by atoms with Gasteiger partial charge in [0.05, 0.1) is 50.4 Å². The van der Waals surface area contributed by atoms with Crippen molar-refractivity contribution in [2.24, 2.45) is 5.41 Å². The third kappa shape index (κ3) is 9.18. The van der Waals surface area contributed by atoms with Crippen LogP contribution in [0.4, 0.5) is 96.1 Å². The van der Waals surface area contributed by atoms with Crippen LogP contribution < -0.4 is 4.90 Å². The van der Waals surface area contributed by atoms with E-state index in [2.05, 4.69) is 0 Å². The number of fused-ring (bicyclic) bond motifs is 3. The molecule has 0 aliphatic heterocycles. The van der Waals surface area contributed by atoms with Crippen LogP contribution in [0.3, 0.4) is 0 Å². The Labute approximate surface area is 407 Å². The van der Waals surface area contributed by atoms with Crippen molar-refractivity contribution in [1.29, 1.82) is 0 Å². The number of halogens is 18. The second-order valence-electron chi connectivity index (χ2n) is 17.6. The van der Waals surface area contributed by atoms with Gasteiger partial charge < -0.3 is 4.90 Å². The molecule has 382 valence electrons. The highest BCUT2D eigenvalue weighted by Crippen LogP contribution is 2.58.